The van der Waals surface area contributed by atoms with Gasteiger partial charge in [-0.3, -0.25) is 9.36 Å². The van der Waals surface area contributed by atoms with Crippen LogP contribution in [0.15, 0.2) is 47.4 Å². The molecule has 0 spiro atoms. The summed E-state index contributed by atoms with van der Waals surface area (Å²) in [5, 5.41) is 4.43. The van der Waals surface area contributed by atoms with Gasteiger partial charge in [0, 0.05) is 43.0 Å². The minimum absolute atomic E-state index is 0.0868. The lowest BCUT2D eigenvalue weighted by Crippen LogP contribution is -2.38. The van der Waals surface area contributed by atoms with Gasteiger partial charge in [0.15, 0.2) is 0 Å². The Balaban J connectivity index is 1.68. The predicted octanol–water partition coefficient (Wildman–Crippen LogP) is 4.65. The van der Waals surface area contributed by atoms with Crippen LogP contribution in [-0.4, -0.2) is 46.4 Å². The van der Waals surface area contributed by atoms with Crippen LogP contribution in [0.3, 0.4) is 0 Å². The fourth-order valence-corrected chi connectivity index (χ4v) is 4.70. The molecule has 0 amide bonds. The zero-order chi connectivity index (χ0) is 23.5. The normalized spacial score (nSPS) is 18.0. The molecule has 1 saturated heterocycles. The summed E-state index contributed by atoms with van der Waals surface area (Å²) in [6.07, 6.45) is 1.69. The van der Waals surface area contributed by atoms with Crippen molar-refractivity contribution in [2.75, 3.05) is 29.9 Å². The van der Waals surface area contributed by atoms with Crippen LogP contribution >= 0.6 is 23.2 Å². The highest BCUT2D eigenvalue weighted by Gasteiger charge is 2.35. The first-order valence-electron chi connectivity index (χ1n) is 11.0. The third-order valence-electron chi connectivity index (χ3n) is 5.79. The zero-order valence-electron chi connectivity index (χ0n) is 18.9. The first-order valence-corrected chi connectivity index (χ1v) is 11.8. The third-order valence-corrected chi connectivity index (χ3v) is 6.34. The molecular weight excluding hydrogens is 461 g/mol. The van der Waals surface area contributed by atoms with Gasteiger partial charge in [-0.05, 0) is 51.1 Å². The van der Waals surface area contributed by atoms with Crippen LogP contribution in [0, 0.1) is 6.92 Å². The highest BCUT2D eigenvalue weighted by molar-refractivity contribution is 6.36. The fraction of sp³-hybridized carbons (Fsp3) is 0.375. The number of aromatic nitrogens is 3. The number of nitrogens with one attached hydrogen (secondary N) is 1. The van der Waals surface area contributed by atoms with E-state index in [4.69, 9.17) is 32.9 Å². The number of aryl methyl sites for hydroxylation is 1. The summed E-state index contributed by atoms with van der Waals surface area (Å²) in [6.45, 7) is 8.11. The smallest absolute Gasteiger partial charge is 0.277 e. The summed E-state index contributed by atoms with van der Waals surface area (Å²) < 4.78 is 7.64. The summed E-state index contributed by atoms with van der Waals surface area (Å²) in [5.41, 5.74) is 1.61. The molecule has 9 heteroatoms. The molecule has 1 fully saturated rings. The predicted molar refractivity (Wildman–Crippen MR) is 134 cm³/mol. The van der Waals surface area contributed by atoms with Gasteiger partial charge >= 0.3 is 0 Å². The molecule has 0 saturated carbocycles. The van der Waals surface area contributed by atoms with Crippen molar-refractivity contribution >= 4 is 34.7 Å². The molecule has 2 atom stereocenters. The van der Waals surface area contributed by atoms with Gasteiger partial charge in [-0.1, -0.05) is 29.3 Å². The first kappa shape index (κ1) is 23.5. The topological polar surface area (TPSA) is 72.3 Å². The molecule has 3 heterocycles. The molecule has 0 radical (unpaired) electrons. The van der Waals surface area contributed by atoms with Crippen molar-refractivity contribution in [3.63, 3.8) is 0 Å². The summed E-state index contributed by atoms with van der Waals surface area (Å²) in [4.78, 5) is 24.9. The van der Waals surface area contributed by atoms with Crippen LogP contribution in [0.4, 0.5) is 11.5 Å². The minimum Gasteiger partial charge on any atom is -0.374 e. The van der Waals surface area contributed by atoms with Gasteiger partial charge in [0.05, 0.1) is 22.9 Å². The van der Waals surface area contributed by atoms with E-state index in [2.05, 4.69) is 15.2 Å². The van der Waals surface area contributed by atoms with E-state index in [0.29, 0.717) is 59.1 Å². The van der Waals surface area contributed by atoms with Crippen LogP contribution < -0.4 is 15.8 Å². The molecule has 1 N–H and O–H groups in total. The largest absolute Gasteiger partial charge is 0.374 e. The average molecular weight is 488 g/mol. The Morgan fingerprint density at radius 2 is 2.00 bits per heavy atom. The molecular formula is C24H27Cl2N5O2. The van der Waals surface area contributed by atoms with Gasteiger partial charge in [0.2, 0.25) is 0 Å². The molecule has 1 aliphatic heterocycles. The number of anilines is 2. The maximum Gasteiger partial charge on any atom is 0.277 e. The Kier molecular flexibility index (Phi) is 7.22. The summed E-state index contributed by atoms with van der Waals surface area (Å²) in [6, 6.07) is 10.9. The molecule has 0 bridgehead atoms. The van der Waals surface area contributed by atoms with Crippen molar-refractivity contribution < 1.29 is 4.74 Å². The van der Waals surface area contributed by atoms with Crippen molar-refractivity contribution in [3.8, 4) is 11.4 Å². The number of benzene rings is 1. The Labute approximate surface area is 203 Å². The van der Waals surface area contributed by atoms with Crippen LogP contribution in [0.2, 0.25) is 10.0 Å². The summed E-state index contributed by atoms with van der Waals surface area (Å²) in [5.74, 6) is 1.41. The van der Waals surface area contributed by atoms with Crippen molar-refractivity contribution in [1.29, 1.82) is 0 Å². The molecule has 33 heavy (non-hydrogen) atoms. The third kappa shape index (κ3) is 4.86. The summed E-state index contributed by atoms with van der Waals surface area (Å²) >= 11 is 12.5. The minimum atomic E-state index is -0.141. The molecule has 1 aromatic carbocycles. The van der Waals surface area contributed by atoms with Gasteiger partial charge in [-0.25, -0.2) is 9.97 Å². The molecule has 0 unspecified atom stereocenters. The van der Waals surface area contributed by atoms with Crippen molar-refractivity contribution in [2.24, 2.45) is 0 Å². The quantitative estimate of drug-likeness (QED) is 0.522. The number of hydrogen-bond acceptors (Lipinski definition) is 6. The van der Waals surface area contributed by atoms with Crippen molar-refractivity contribution in [1.82, 2.24) is 14.5 Å². The Morgan fingerprint density at radius 1 is 1.18 bits per heavy atom. The average Bonchev–Trinajstić information content (AvgIpc) is 3.20. The van der Waals surface area contributed by atoms with Crippen LogP contribution in [-0.2, 0) is 11.3 Å². The SMILES string of the molecule is CCO[C@@H]1CN(c2ccccn2)C[C@H]1Nc1c(C)nc(-c2ccc(Cl)cc2Cl)n(CC)c1=O. The Bertz CT molecular complexity index is 1190. The van der Waals surface area contributed by atoms with Gasteiger partial charge in [0.1, 0.15) is 17.3 Å². The van der Waals surface area contributed by atoms with E-state index >= 15 is 0 Å². The number of halogens is 2. The number of nitrogens with zero attached hydrogens (tertiary/aromatic N) is 4. The molecule has 2 aromatic heterocycles. The van der Waals surface area contributed by atoms with E-state index in [0.717, 1.165) is 5.82 Å². The molecule has 3 aromatic rings. The van der Waals surface area contributed by atoms with E-state index in [1.165, 1.54) is 0 Å². The van der Waals surface area contributed by atoms with Crippen LogP contribution in [0.25, 0.3) is 11.4 Å². The van der Waals surface area contributed by atoms with Crippen LogP contribution in [0.5, 0.6) is 0 Å². The van der Waals surface area contributed by atoms with Gasteiger partial charge in [-0.2, -0.15) is 0 Å². The molecule has 174 valence electrons. The van der Waals surface area contributed by atoms with Gasteiger partial charge < -0.3 is 15.0 Å². The standard InChI is InChI=1S/C24H27Cl2N5O2/c1-4-31-23(17-10-9-16(25)12-18(17)26)28-15(3)22(24(31)32)29-19-13-30(14-20(19)33-5-2)21-8-6-7-11-27-21/h6-12,19-20,29H,4-5,13-14H2,1-3H3/t19-,20-/m1/s1. The Morgan fingerprint density at radius 3 is 2.67 bits per heavy atom. The van der Waals surface area contributed by atoms with Gasteiger partial charge in [0.25, 0.3) is 5.56 Å². The molecule has 1 aliphatic rings. The van der Waals surface area contributed by atoms with Crippen molar-refractivity contribution in [2.45, 2.75) is 39.5 Å². The second kappa shape index (κ2) is 10.1. The van der Waals surface area contributed by atoms with E-state index < -0.39 is 0 Å². The maximum atomic E-state index is 13.5. The second-order valence-electron chi connectivity index (χ2n) is 7.91. The lowest BCUT2D eigenvalue weighted by molar-refractivity contribution is 0.0720. The zero-order valence-corrected chi connectivity index (χ0v) is 20.4. The van der Waals surface area contributed by atoms with E-state index in [9.17, 15) is 4.79 Å². The number of ether oxygens (including phenoxy) is 1. The van der Waals surface area contributed by atoms with Crippen LogP contribution in [0.1, 0.15) is 19.5 Å². The fourth-order valence-electron chi connectivity index (χ4n) is 4.21. The highest BCUT2D eigenvalue weighted by Crippen LogP contribution is 2.30. The molecule has 4 rings (SSSR count). The lowest BCUT2D eigenvalue weighted by Gasteiger charge is -2.22. The number of hydrogen-bond donors (Lipinski definition) is 1. The highest BCUT2D eigenvalue weighted by atomic mass is 35.5. The number of rotatable bonds is 7. The first-order chi connectivity index (χ1) is 15.9. The summed E-state index contributed by atoms with van der Waals surface area (Å²) in [7, 11) is 0. The monoisotopic (exact) mass is 487 g/mol. The van der Waals surface area contributed by atoms with Crippen molar-refractivity contribution in [3.05, 3.63) is 68.7 Å². The van der Waals surface area contributed by atoms with E-state index in [1.807, 2.05) is 39.0 Å². The maximum absolute atomic E-state index is 13.5. The Hall–Kier alpha value is -2.61. The molecule has 7 nitrogen and oxygen atoms in total. The molecule has 0 aliphatic carbocycles. The van der Waals surface area contributed by atoms with E-state index in [-0.39, 0.29) is 17.7 Å². The second-order valence-corrected chi connectivity index (χ2v) is 8.75. The lowest BCUT2D eigenvalue weighted by atomic mass is 10.1. The van der Waals surface area contributed by atoms with Gasteiger partial charge in [-0.15, -0.1) is 0 Å². The van der Waals surface area contributed by atoms with E-state index in [1.54, 1.807) is 29.0 Å². The number of pyridine rings is 1.